The minimum absolute atomic E-state index is 0.578. The first kappa shape index (κ1) is 12.5. The highest BCUT2D eigenvalue weighted by molar-refractivity contribution is 9.10. The van der Waals surface area contributed by atoms with Gasteiger partial charge < -0.3 is 10.2 Å². The summed E-state index contributed by atoms with van der Waals surface area (Å²) in [5.74, 6) is 0.627. The third-order valence-corrected chi connectivity index (χ3v) is 3.47. The molecule has 0 aliphatic carbocycles. The Bertz CT molecular complexity index is 754. The summed E-state index contributed by atoms with van der Waals surface area (Å²) in [7, 11) is 0. The maximum Gasteiger partial charge on any atom is 0.200 e. The molecule has 0 unspecified atom stereocenters. The summed E-state index contributed by atoms with van der Waals surface area (Å²) in [5, 5.41) is 0.705. The fraction of sp³-hybridized carbons (Fsp3) is 0.0714. The maximum atomic E-state index is 5.96. The van der Waals surface area contributed by atoms with Gasteiger partial charge in [0.1, 0.15) is 5.52 Å². The van der Waals surface area contributed by atoms with Crippen molar-refractivity contribution in [2.24, 2.45) is 0 Å². The molecule has 0 atom stereocenters. The van der Waals surface area contributed by atoms with Crippen molar-refractivity contribution in [1.82, 2.24) is 4.98 Å². The topological polar surface area (TPSA) is 52.0 Å². The van der Waals surface area contributed by atoms with Crippen molar-refractivity contribution in [3.8, 4) is 0 Å². The highest BCUT2D eigenvalue weighted by Gasteiger charge is 2.10. The molecule has 3 aromatic rings. The van der Waals surface area contributed by atoms with E-state index in [1.807, 2.05) is 30.3 Å². The summed E-state index contributed by atoms with van der Waals surface area (Å²) in [6, 6.07) is 11.3. The molecule has 0 aliphatic rings. The Morgan fingerprint density at radius 3 is 2.89 bits per heavy atom. The van der Waals surface area contributed by atoms with Gasteiger partial charge in [-0.2, -0.15) is 0 Å². The van der Waals surface area contributed by atoms with Crippen molar-refractivity contribution in [3.63, 3.8) is 0 Å². The molecule has 1 aromatic heterocycles. The van der Waals surface area contributed by atoms with Crippen molar-refractivity contribution in [1.29, 1.82) is 0 Å². The second-order valence-electron chi connectivity index (χ2n) is 4.26. The molecule has 2 aromatic carbocycles. The molecule has 96 valence electrons. The SMILES string of the molecule is Nc1cc(Br)cc2nc(Cc3cccc(Cl)c3)oc12. The third kappa shape index (κ3) is 2.60. The molecule has 0 saturated heterocycles. The number of nitrogen functional groups attached to an aromatic ring is 1. The lowest BCUT2D eigenvalue weighted by Gasteiger charge is -1.97. The van der Waals surface area contributed by atoms with Gasteiger partial charge in [-0.15, -0.1) is 0 Å². The van der Waals surface area contributed by atoms with Crippen LogP contribution >= 0.6 is 27.5 Å². The van der Waals surface area contributed by atoms with Crippen molar-refractivity contribution < 1.29 is 4.42 Å². The van der Waals surface area contributed by atoms with E-state index in [0.29, 0.717) is 28.6 Å². The zero-order valence-electron chi connectivity index (χ0n) is 9.86. The Labute approximate surface area is 123 Å². The lowest BCUT2D eigenvalue weighted by molar-refractivity contribution is 0.545. The van der Waals surface area contributed by atoms with E-state index in [1.54, 1.807) is 6.07 Å². The van der Waals surface area contributed by atoms with Gasteiger partial charge in [0.2, 0.25) is 0 Å². The van der Waals surface area contributed by atoms with Gasteiger partial charge in [0.05, 0.1) is 5.69 Å². The summed E-state index contributed by atoms with van der Waals surface area (Å²) in [6.45, 7) is 0. The van der Waals surface area contributed by atoms with Gasteiger partial charge in [0.25, 0.3) is 0 Å². The van der Waals surface area contributed by atoms with E-state index in [1.165, 1.54) is 0 Å². The summed E-state index contributed by atoms with van der Waals surface area (Å²) in [4.78, 5) is 4.44. The number of nitrogens with zero attached hydrogens (tertiary/aromatic N) is 1. The average molecular weight is 338 g/mol. The quantitative estimate of drug-likeness (QED) is 0.704. The van der Waals surface area contributed by atoms with Gasteiger partial charge in [0, 0.05) is 15.9 Å². The van der Waals surface area contributed by atoms with E-state index >= 15 is 0 Å². The Hall–Kier alpha value is -1.52. The van der Waals surface area contributed by atoms with Crippen molar-refractivity contribution in [2.45, 2.75) is 6.42 Å². The first-order valence-electron chi connectivity index (χ1n) is 5.71. The Morgan fingerprint density at radius 2 is 2.11 bits per heavy atom. The van der Waals surface area contributed by atoms with Crippen LogP contribution in [0.15, 0.2) is 45.3 Å². The minimum Gasteiger partial charge on any atom is -0.438 e. The molecule has 0 spiro atoms. The maximum absolute atomic E-state index is 5.96. The van der Waals surface area contributed by atoms with Crippen LogP contribution in [0.1, 0.15) is 11.5 Å². The van der Waals surface area contributed by atoms with Crippen LogP contribution in [0.25, 0.3) is 11.1 Å². The predicted octanol–water partition coefficient (Wildman–Crippen LogP) is 4.42. The number of halogens is 2. The summed E-state index contributed by atoms with van der Waals surface area (Å²) >= 11 is 9.35. The number of oxazole rings is 1. The van der Waals surface area contributed by atoms with Crippen molar-refractivity contribution >= 4 is 44.3 Å². The number of hydrogen-bond acceptors (Lipinski definition) is 3. The molecular weight excluding hydrogens is 328 g/mol. The van der Waals surface area contributed by atoms with E-state index in [0.717, 1.165) is 15.6 Å². The first-order chi connectivity index (χ1) is 9.11. The zero-order valence-corrected chi connectivity index (χ0v) is 12.2. The van der Waals surface area contributed by atoms with Gasteiger partial charge >= 0.3 is 0 Å². The number of anilines is 1. The zero-order chi connectivity index (χ0) is 13.4. The van der Waals surface area contributed by atoms with Gasteiger partial charge in [-0.1, -0.05) is 39.7 Å². The van der Waals surface area contributed by atoms with Crippen LogP contribution in [0.2, 0.25) is 5.02 Å². The molecule has 0 fully saturated rings. The number of aromatic nitrogens is 1. The molecule has 0 saturated carbocycles. The van der Waals surface area contributed by atoms with Gasteiger partial charge in [-0.05, 0) is 29.8 Å². The van der Waals surface area contributed by atoms with Crippen LogP contribution in [0.3, 0.4) is 0 Å². The molecular formula is C14H10BrClN2O. The van der Waals surface area contributed by atoms with E-state index in [4.69, 9.17) is 21.8 Å². The highest BCUT2D eigenvalue weighted by Crippen LogP contribution is 2.27. The molecule has 0 amide bonds. The van der Waals surface area contributed by atoms with E-state index in [2.05, 4.69) is 20.9 Å². The largest absolute Gasteiger partial charge is 0.438 e. The molecule has 0 radical (unpaired) electrons. The molecule has 5 heteroatoms. The van der Waals surface area contributed by atoms with Gasteiger partial charge in [0.15, 0.2) is 11.5 Å². The van der Waals surface area contributed by atoms with Crippen LogP contribution in [0.4, 0.5) is 5.69 Å². The van der Waals surface area contributed by atoms with E-state index < -0.39 is 0 Å². The summed E-state index contributed by atoms with van der Waals surface area (Å²) in [6.07, 6.45) is 0.590. The van der Waals surface area contributed by atoms with E-state index in [-0.39, 0.29) is 0 Å². The fourth-order valence-electron chi connectivity index (χ4n) is 1.97. The number of nitrogens with two attached hydrogens (primary N) is 1. The average Bonchev–Trinajstić information content (AvgIpc) is 2.71. The fourth-order valence-corrected chi connectivity index (χ4v) is 2.64. The molecule has 2 N–H and O–H groups in total. The smallest absolute Gasteiger partial charge is 0.200 e. The highest BCUT2D eigenvalue weighted by atomic mass is 79.9. The second-order valence-corrected chi connectivity index (χ2v) is 5.61. The molecule has 0 aliphatic heterocycles. The van der Waals surface area contributed by atoms with Crippen LogP contribution in [0, 0.1) is 0 Å². The number of rotatable bonds is 2. The van der Waals surface area contributed by atoms with Crippen molar-refractivity contribution in [3.05, 3.63) is 57.3 Å². The Kier molecular flexibility index (Phi) is 3.21. The van der Waals surface area contributed by atoms with E-state index in [9.17, 15) is 0 Å². The number of fused-ring (bicyclic) bond motifs is 1. The first-order valence-corrected chi connectivity index (χ1v) is 6.88. The molecule has 0 bridgehead atoms. The standard InChI is InChI=1S/C14H10BrClN2O/c15-9-6-11(17)14-12(7-9)18-13(19-14)5-8-2-1-3-10(16)4-8/h1-4,6-7H,5,17H2. The van der Waals surface area contributed by atoms with Gasteiger partial charge in [-0.3, -0.25) is 0 Å². The predicted molar refractivity (Wildman–Crippen MR) is 80.4 cm³/mol. The number of hydrogen-bond donors (Lipinski definition) is 1. The van der Waals surface area contributed by atoms with Crippen LogP contribution in [-0.4, -0.2) is 4.98 Å². The lowest BCUT2D eigenvalue weighted by atomic mass is 10.1. The summed E-state index contributed by atoms with van der Waals surface area (Å²) < 4.78 is 6.59. The normalized spacial score (nSPS) is 11.1. The van der Waals surface area contributed by atoms with Crippen LogP contribution in [-0.2, 0) is 6.42 Å². The van der Waals surface area contributed by atoms with Gasteiger partial charge in [-0.25, -0.2) is 4.98 Å². The van der Waals surface area contributed by atoms with Crippen molar-refractivity contribution in [2.75, 3.05) is 5.73 Å². The van der Waals surface area contributed by atoms with Crippen LogP contribution in [0.5, 0.6) is 0 Å². The minimum atomic E-state index is 0.578. The summed E-state index contributed by atoms with van der Waals surface area (Å²) in [5.41, 5.74) is 8.91. The Morgan fingerprint density at radius 1 is 1.26 bits per heavy atom. The molecule has 3 nitrogen and oxygen atoms in total. The van der Waals surface area contributed by atoms with Crippen LogP contribution < -0.4 is 5.73 Å². The number of benzene rings is 2. The second kappa shape index (κ2) is 4.87. The molecule has 1 heterocycles. The third-order valence-electron chi connectivity index (χ3n) is 2.77. The lowest BCUT2D eigenvalue weighted by Crippen LogP contribution is -1.87. The Balaban J connectivity index is 2.00. The molecule has 19 heavy (non-hydrogen) atoms. The molecule has 3 rings (SSSR count). The monoisotopic (exact) mass is 336 g/mol.